The van der Waals surface area contributed by atoms with Crippen LogP contribution in [-0.4, -0.2) is 38.4 Å². The fourth-order valence-electron chi connectivity index (χ4n) is 3.23. The summed E-state index contributed by atoms with van der Waals surface area (Å²) in [7, 11) is 1.60. The van der Waals surface area contributed by atoms with Gasteiger partial charge in [0.2, 0.25) is 0 Å². The molecule has 0 aliphatic carbocycles. The molecular formula is C22H24F2N2O3. The van der Waals surface area contributed by atoms with E-state index in [-0.39, 0.29) is 18.1 Å². The maximum Gasteiger partial charge on any atom is 0.387 e. The first kappa shape index (κ1) is 20.8. The number of ether oxygens (including phenoxy) is 2. The number of ketones is 1. The second kappa shape index (κ2) is 10.0. The molecule has 0 amide bonds. The van der Waals surface area contributed by atoms with E-state index in [0.29, 0.717) is 5.56 Å². The number of halogens is 2. The van der Waals surface area contributed by atoms with Crippen LogP contribution in [0.15, 0.2) is 53.5 Å². The van der Waals surface area contributed by atoms with Gasteiger partial charge in [-0.1, -0.05) is 6.42 Å². The number of nitrogens with zero attached hydrogens (tertiary/aromatic N) is 2. The van der Waals surface area contributed by atoms with Crippen LogP contribution in [0, 0.1) is 0 Å². The van der Waals surface area contributed by atoms with Crippen LogP contribution in [0.25, 0.3) is 0 Å². The van der Waals surface area contributed by atoms with E-state index in [1.807, 2.05) is 29.2 Å². The number of aliphatic imine (C=N–C) groups is 1. The highest BCUT2D eigenvalue weighted by molar-refractivity contribution is 6.07. The molecule has 0 N–H and O–H groups in total. The minimum atomic E-state index is -2.89. The molecule has 1 aliphatic rings. The molecule has 0 saturated heterocycles. The number of anilines is 1. The van der Waals surface area contributed by atoms with Crippen LogP contribution in [0.5, 0.6) is 11.5 Å². The van der Waals surface area contributed by atoms with E-state index in [0.717, 1.165) is 49.5 Å². The van der Waals surface area contributed by atoms with Gasteiger partial charge in [0, 0.05) is 24.2 Å². The Morgan fingerprint density at radius 3 is 2.38 bits per heavy atom. The van der Waals surface area contributed by atoms with Gasteiger partial charge >= 0.3 is 6.61 Å². The van der Waals surface area contributed by atoms with E-state index in [4.69, 9.17) is 9.73 Å². The van der Waals surface area contributed by atoms with E-state index in [2.05, 4.69) is 4.74 Å². The van der Waals surface area contributed by atoms with Crippen molar-refractivity contribution < 1.29 is 23.0 Å². The molecule has 0 atom stereocenters. The molecule has 2 aromatic rings. The van der Waals surface area contributed by atoms with Gasteiger partial charge in [0.05, 0.1) is 13.7 Å². The van der Waals surface area contributed by atoms with Crippen LogP contribution in [0.1, 0.15) is 36.0 Å². The Bertz CT molecular complexity index is 836. The van der Waals surface area contributed by atoms with Gasteiger partial charge in [0.25, 0.3) is 0 Å². The average molecular weight is 402 g/mol. The molecular weight excluding hydrogens is 378 g/mol. The largest absolute Gasteiger partial charge is 0.497 e. The van der Waals surface area contributed by atoms with E-state index in [1.54, 1.807) is 7.11 Å². The van der Waals surface area contributed by atoms with Gasteiger partial charge in [-0.25, -0.2) is 0 Å². The fraction of sp³-hybridized carbons (Fsp3) is 0.364. The second-order valence-electron chi connectivity index (χ2n) is 6.72. The van der Waals surface area contributed by atoms with Crippen LogP contribution in [0.2, 0.25) is 0 Å². The molecule has 7 heteroatoms. The summed E-state index contributed by atoms with van der Waals surface area (Å²) in [5.74, 6) is 1.52. The van der Waals surface area contributed by atoms with Crippen molar-refractivity contribution in [2.45, 2.75) is 32.3 Å². The first-order valence-electron chi connectivity index (χ1n) is 9.60. The molecule has 0 spiro atoms. The molecule has 0 saturated carbocycles. The third-order valence-electron chi connectivity index (χ3n) is 4.75. The van der Waals surface area contributed by atoms with Gasteiger partial charge in [-0.2, -0.15) is 8.78 Å². The SMILES string of the molecule is COc1ccc(N(CC(=O)c2ccc(OC(F)F)cc2)C2=NCCCCC2)cc1. The molecule has 3 rings (SSSR count). The number of methoxy groups -OCH3 is 1. The van der Waals surface area contributed by atoms with E-state index >= 15 is 0 Å². The number of benzene rings is 2. The zero-order valence-corrected chi connectivity index (χ0v) is 16.3. The first-order valence-corrected chi connectivity index (χ1v) is 9.60. The average Bonchev–Trinajstić information content (AvgIpc) is 3.01. The lowest BCUT2D eigenvalue weighted by Crippen LogP contribution is -2.36. The third-order valence-corrected chi connectivity index (χ3v) is 4.75. The van der Waals surface area contributed by atoms with Crippen molar-refractivity contribution in [1.82, 2.24) is 0 Å². The van der Waals surface area contributed by atoms with Crippen LogP contribution >= 0.6 is 0 Å². The Kier molecular flexibility index (Phi) is 7.16. The van der Waals surface area contributed by atoms with Crippen molar-refractivity contribution in [3.8, 4) is 11.5 Å². The zero-order chi connectivity index (χ0) is 20.6. The Balaban J connectivity index is 1.81. The Morgan fingerprint density at radius 2 is 1.72 bits per heavy atom. The van der Waals surface area contributed by atoms with Crippen molar-refractivity contribution in [2.24, 2.45) is 4.99 Å². The Morgan fingerprint density at radius 1 is 1.03 bits per heavy atom. The van der Waals surface area contributed by atoms with Crippen LogP contribution < -0.4 is 14.4 Å². The number of alkyl halides is 2. The van der Waals surface area contributed by atoms with Crippen molar-refractivity contribution in [1.29, 1.82) is 0 Å². The number of carbonyl (C=O) groups excluding carboxylic acids is 1. The summed E-state index contributed by atoms with van der Waals surface area (Å²) < 4.78 is 34.2. The molecule has 154 valence electrons. The number of hydrogen-bond acceptors (Lipinski definition) is 5. The van der Waals surface area contributed by atoms with Crippen LogP contribution in [-0.2, 0) is 0 Å². The molecule has 0 bridgehead atoms. The smallest absolute Gasteiger partial charge is 0.387 e. The number of rotatable bonds is 7. The summed E-state index contributed by atoms with van der Waals surface area (Å²) in [6.07, 6.45) is 3.99. The normalized spacial score (nSPS) is 14.1. The lowest BCUT2D eigenvalue weighted by Gasteiger charge is -2.26. The topological polar surface area (TPSA) is 51.1 Å². The molecule has 5 nitrogen and oxygen atoms in total. The number of Topliss-reactive ketones (excluding diaryl/α,β-unsaturated/α-hetero) is 1. The Labute approximate surface area is 169 Å². The quantitative estimate of drug-likeness (QED) is 0.615. The highest BCUT2D eigenvalue weighted by Gasteiger charge is 2.20. The molecule has 1 aliphatic heterocycles. The fourth-order valence-corrected chi connectivity index (χ4v) is 3.23. The van der Waals surface area contributed by atoms with Gasteiger partial charge in [0.15, 0.2) is 5.78 Å². The van der Waals surface area contributed by atoms with Gasteiger partial charge in [-0.3, -0.25) is 9.79 Å². The van der Waals surface area contributed by atoms with Crippen LogP contribution in [0.3, 0.4) is 0 Å². The lowest BCUT2D eigenvalue weighted by molar-refractivity contribution is -0.0498. The van der Waals surface area contributed by atoms with Gasteiger partial charge < -0.3 is 14.4 Å². The van der Waals surface area contributed by atoms with Crippen molar-refractivity contribution in [2.75, 3.05) is 25.1 Å². The number of hydrogen-bond donors (Lipinski definition) is 0. The van der Waals surface area contributed by atoms with E-state index in [9.17, 15) is 13.6 Å². The van der Waals surface area contributed by atoms with Gasteiger partial charge in [-0.15, -0.1) is 0 Å². The Hall–Kier alpha value is -2.96. The summed E-state index contributed by atoms with van der Waals surface area (Å²) in [5, 5.41) is 0. The molecule has 0 unspecified atom stereocenters. The second-order valence-corrected chi connectivity index (χ2v) is 6.72. The number of carbonyl (C=O) groups is 1. The molecule has 2 aromatic carbocycles. The maximum atomic E-state index is 12.9. The third kappa shape index (κ3) is 5.76. The van der Waals surface area contributed by atoms with E-state index < -0.39 is 6.61 Å². The molecule has 1 heterocycles. The summed E-state index contributed by atoms with van der Waals surface area (Å²) in [6, 6.07) is 13.3. The van der Waals surface area contributed by atoms with Gasteiger partial charge in [0.1, 0.15) is 17.3 Å². The summed E-state index contributed by atoms with van der Waals surface area (Å²) in [5.41, 5.74) is 1.29. The predicted molar refractivity (Wildman–Crippen MR) is 109 cm³/mol. The monoisotopic (exact) mass is 402 g/mol. The van der Waals surface area contributed by atoms with Crippen molar-refractivity contribution in [3.63, 3.8) is 0 Å². The van der Waals surface area contributed by atoms with Crippen molar-refractivity contribution in [3.05, 3.63) is 54.1 Å². The minimum absolute atomic E-state index is 0.0247. The molecule has 0 radical (unpaired) electrons. The van der Waals surface area contributed by atoms with Gasteiger partial charge in [-0.05, 0) is 61.4 Å². The van der Waals surface area contributed by atoms with Crippen molar-refractivity contribution >= 4 is 17.3 Å². The van der Waals surface area contributed by atoms with E-state index in [1.165, 1.54) is 24.3 Å². The molecule has 29 heavy (non-hydrogen) atoms. The maximum absolute atomic E-state index is 12.9. The molecule has 0 aromatic heterocycles. The summed E-state index contributed by atoms with van der Waals surface area (Å²) in [6.45, 7) is -2.04. The zero-order valence-electron chi connectivity index (χ0n) is 16.3. The highest BCUT2D eigenvalue weighted by atomic mass is 19.3. The minimum Gasteiger partial charge on any atom is -0.497 e. The number of amidine groups is 1. The first-order chi connectivity index (χ1) is 14.1. The predicted octanol–water partition coefficient (Wildman–Crippen LogP) is 4.96. The lowest BCUT2D eigenvalue weighted by atomic mass is 10.1. The summed E-state index contributed by atoms with van der Waals surface area (Å²) >= 11 is 0. The molecule has 0 fully saturated rings. The van der Waals surface area contributed by atoms with Crippen LogP contribution in [0.4, 0.5) is 14.5 Å². The standard InChI is InChI=1S/C22H24F2N2O3/c1-28-18-12-8-17(9-13-18)26(21-5-3-2-4-14-25-21)15-20(27)16-6-10-19(11-7-16)29-22(23)24/h6-13,22H,2-5,14-15H2,1H3. The highest BCUT2D eigenvalue weighted by Crippen LogP contribution is 2.23. The summed E-state index contributed by atoms with van der Waals surface area (Å²) in [4.78, 5) is 19.5.